The van der Waals surface area contributed by atoms with Crippen LogP contribution in [0.3, 0.4) is 0 Å². The molecule has 2 aromatic rings. The third kappa shape index (κ3) is 5.59. The first-order valence-electron chi connectivity index (χ1n) is 9.27. The van der Waals surface area contributed by atoms with E-state index in [-0.39, 0.29) is 16.8 Å². The number of ether oxygens (including phenoxy) is 1. The van der Waals surface area contributed by atoms with E-state index in [0.717, 1.165) is 5.56 Å². The second kappa shape index (κ2) is 9.43. The van der Waals surface area contributed by atoms with Crippen LogP contribution in [0, 0.1) is 0 Å². The molecule has 0 aromatic heterocycles. The number of nitrogens with one attached hydrogen (secondary N) is 1. The fraction of sp³-hybridized carbons (Fsp3) is 0.286. The van der Waals surface area contributed by atoms with Crippen molar-refractivity contribution in [3.8, 4) is 5.75 Å². The lowest BCUT2D eigenvalue weighted by Gasteiger charge is -2.31. The zero-order valence-corrected chi connectivity index (χ0v) is 17.6. The van der Waals surface area contributed by atoms with E-state index in [4.69, 9.17) is 16.3 Å². The van der Waals surface area contributed by atoms with Crippen LogP contribution in [0.5, 0.6) is 5.75 Å². The van der Waals surface area contributed by atoms with Crippen molar-refractivity contribution < 1.29 is 17.9 Å². The Labute approximate surface area is 176 Å². The van der Waals surface area contributed by atoms with E-state index in [1.807, 2.05) is 0 Å². The van der Waals surface area contributed by atoms with Crippen LogP contribution >= 0.6 is 11.6 Å². The van der Waals surface area contributed by atoms with Crippen molar-refractivity contribution in [1.82, 2.24) is 9.62 Å². The molecule has 0 spiro atoms. The van der Waals surface area contributed by atoms with Gasteiger partial charge in [0.25, 0.3) is 0 Å². The van der Waals surface area contributed by atoms with Crippen LogP contribution in [0.25, 0.3) is 6.08 Å². The molecule has 8 heteroatoms. The standard InChI is InChI=1S/C21H23ClN2O4S/c1-28-20-9-8-17(22)15-16(20)7-10-21(25)24-13-11-18(12-14-24)23-29(26,27)19-5-3-2-4-6-19/h2-10,15,18,23H,11-14H2,1H3/b10-7+. The number of benzene rings is 2. The smallest absolute Gasteiger partial charge is 0.246 e. The Morgan fingerprint density at radius 1 is 1.17 bits per heavy atom. The lowest BCUT2D eigenvalue weighted by atomic mass is 10.1. The van der Waals surface area contributed by atoms with E-state index in [2.05, 4.69) is 4.72 Å². The van der Waals surface area contributed by atoms with Gasteiger partial charge in [-0.2, -0.15) is 0 Å². The van der Waals surface area contributed by atoms with Gasteiger partial charge in [0.2, 0.25) is 15.9 Å². The lowest BCUT2D eigenvalue weighted by molar-refractivity contribution is -0.126. The quantitative estimate of drug-likeness (QED) is 0.707. The summed E-state index contributed by atoms with van der Waals surface area (Å²) in [6, 6.07) is 13.3. The summed E-state index contributed by atoms with van der Waals surface area (Å²) in [5, 5.41) is 0.560. The summed E-state index contributed by atoms with van der Waals surface area (Å²) >= 11 is 6.01. The van der Waals surface area contributed by atoms with Crippen LogP contribution in [0.4, 0.5) is 0 Å². The van der Waals surface area contributed by atoms with Crippen LogP contribution in [-0.2, 0) is 14.8 Å². The van der Waals surface area contributed by atoms with Gasteiger partial charge in [0.05, 0.1) is 12.0 Å². The summed E-state index contributed by atoms with van der Waals surface area (Å²) in [5.41, 5.74) is 0.721. The summed E-state index contributed by atoms with van der Waals surface area (Å²) in [5.74, 6) is 0.504. The number of sulfonamides is 1. The monoisotopic (exact) mass is 434 g/mol. The lowest BCUT2D eigenvalue weighted by Crippen LogP contribution is -2.46. The Balaban J connectivity index is 1.57. The Morgan fingerprint density at radius 2 is 1.86 bits per heavy atom. The molecule has 6 nitrogen and oxygen atoms in total. The van der Waals surface area contributed by atoms with Gasteiger partial charge in [0, 0.05) is 35.8 Å². The molecule has 29 heavy (non-hydrogen) atoms. The predicted molar refractivity (Wildman–Crippen MR) is 113 cm³/mol. The largest absolute Gasteiger partial charge is 0.496 e. The van der Waals surface area contributed by atoms with Crippen molar-refractivity contribution in [1.29, 1.82) is 0 Å². The normalized spacial score (nSPS) is 15.6. The van der Waals surface area contributed by atoms with Gasteiger partial charge in [0.15, 0.2) is 0 Å². The number of rotatable bonds is 6. The molecule has 0 saturated carbocycles. The minimum Gasteiger partial charge on any atom is -0.496 e. The van der Waals surface area contributed by atoms with Gasteiger partial charge in [-0.25, -0.2) is 13.1 Å². The van der Waals surface area contributed by atoms with Crippen molar-refractivity contribution >= 4 is 33.6 Å². The highest BCUT2D eigenvalue weighted by Crippen LogP contribution is 2.24. The first-order chi connectivity index (χ1) is 13.9. The molecule has 1 saturated heterocycles. The molecule has 0 unspecified atom stereocenters. The highest BCUT2D eigenvalue weighted by molar-refractivity contribution is 7.89. The molecule has 1 aliphatic heterocycles. The fourth-order valence-electron chi connectivity index (χ4n) is 3.21. The van der Waals surface area contributed by atoms with Crippen LogP contribution in [0.15, 0.2) is 59.5 Å². The van der Waals surface area contributed by atoms with Crippen molar-refractivity contribution in [2.45, 2.75) is 23.8 Å². The number of carbonyl (C=O) groups excluding carboxylic acids is 1. The molecule has 154 valence electrons. The molecule has 3 rings (SSSR count). The molecular weight excluding hydrogens is 412 g/mol. The molecule has 1 aliphatic rings. The van der Waals surface area contributed by atoms with Gasteiger partial charge in [-0.05, 0) is 49.2 Å². The van der Waals surface area contributed by atoms with Gasteiger partial charge >= 0.3 is 0 Å². The van der Waals surface area contributed by atoms with Crippen LogP contribution in [0.2, 0.25) is 5.02 Å². The van der Waals surface area contributed by atoms with Gasteiger partial charge < -0.3 is 9.64 Å². The highest BCUT2D eigenvalue weighted by Gasteiger charge is 2.25. The number of hydrogen-bond donors (Lipinski definition) is 1. The topological polar surface area (TPSA) is 75.7 Å². The molecule has 2 aromatic carbocycles. The van der Waals surface area contributed by atoms with E-state index < -0.39 is 10.0 Å². The van der Waals surface area contributed by atoms with Crippen molar-refractivity contribution in [2.24, 2.45) is 0 Å². The zero-order valence-electron chi connectivity index (χ0n) is 16.0. The Bertz CT molecular complexity index is 985. The first kappa shape index (κ1) is 21.4. The number of methoxy groups -OCH3 is 1. The first-order valence-corrected chi connectivity index (χ1v) is 11.1. The maximum atomic E-state index is 12.5. The molecule has 1 fully saturated rings. The van der Waals surface area contributed by atoms with Crippen molar-refractivity contribution in [3.63, 3.8) is 0 Å². The fourth-order valence-corrected chi connectivity index (χ4v) is 4.71. The molecule has 0 aliphatic carbocycles. The summed E-state index contributed by atoms with van der Waals surface area (Å²) < 4.78 is 32.9. The number of amides is 1. The van der Waals surface area contributed by atoms with E-state index in [1.54, 1.807) is 66.6 Å². The Hall–Kier alpha value is -2.35. The minimum atomic E-state index is -3.55. The molecule has 0 atom stereocenters. The third-order valence-corrected chi connectivity index (χ3v) is 6.55. The number of nitrogens with zero attached hydrogens (tertiary/aromatic N) is 1. The van der Waals surface area contributed by atoms with E-state index in [9.17, 15) is 13.2 Å². The molecular formula is C21H23ClN2O4S. The average molecular weight is 435 g/mol. The number of piperidine rings is 1. The summed E-state index contributed by atoms with van der Waals surface area (Å²) in [6.45, 7) is 0.968. The van der Waals surface area contributed by atoms with E-state index in [1.165, 1.54) is 6.08 Å². The summed E-state index contributed by atoms with van der Waals surface area (Å²) in [6.07, 6.45) is 4.29. The molecule has 0 bridgehead atoms. The van der Waals surface area contributed by atoms with Gasteiger partial charge in [-0.3, -0.25) is 4.79 Å². The second-order valence-corrected chi connectivity index (χ2v) is 8.90. The van der Waals surface area contributed by atoms with Crippen molar-refractivity contribution in [2.75, 3.05) is 20.2 Å². The van der Waals surface area contributed by atoms with E-state index >= 15 is 0 Å². The number of halogens is 1. The minimum absolute atomic E-state index is 0.128. The SMILES string of the molecule is COc1ccc(Cl)cc1/C=C/C(=O)N1CCC(NS(=O)(=O)c2ccccc2)CC1. The number of likely N-dealkylation sites (tertiary alicyclic amines) is 1. The summed E-state index contributed by atoms with van der Waals surface area (Å²) in [4.78, 5) is 14.5. The van der Waals surface area contributed by atoms with E-state index in [0.29, 0.717) is 36.7 Å². The average Bonchev–Trinajstić information content (AvgIpc) is 2.73. The molecule has 1 heterocycles. The predicted octanol–water partition coefficient (Wildman–Crippen LogP) is 3.33. The van der Waals surface area contributed by atoms with Crippen molar-refractivity contribution in [3.05, 3.63) is 65.2 Å². The second-order valence-electron chi connectivity index (χ2n) is 6.75. The maximum Gasteiger partial charge on any atom is 0.246 e. The van der Waals surface area contributed by atoms with Crippen LogP contribution in [-0.4, -0.2) is 45.5 Å². The maximum absolute atomic E-state index is 12.5. The van der Waals surface area contributed by atoms with Gasteiger partial charge in [-0.15, -0.1) is 0 Å². The van der Waals surface area contributed by atoms with Crippen LogP contribution in [0.1, 0.15) is 18.4 Å². The molecule has 1 amide bonds. The Morgan fingerprint density at radius 3 is 2.52 bits per heavy atom. The number of carbonyl (C=O) groups is 1. The third-order valence-electron chi connectivity index (χ3n) is 4.78. The molecule has 0 radical (unpaired) electrons. The number of hydrogen-bond acceptors (Lipinski definition) is 4. The molecule has 1 N–H and O–H groups in total. The summed E-state index contributed by atoms with van der Waals surface area (Å²) in [7, 11) is -1.99. The van der Waals surface area contributed by atoms with Gasteiger partial charge in [-0.1, -0.05) is 29.8 Å². The Kier molecular flexibility index (Phi) is 6.95. The highest BCUT2D eigenvalue weighted by atomic mass is 35.5. The zero-order chi connectivity index (χ0) is 20.9. The van der Waals surface area contributed by atoms with Crippen LogP contribution < -0.4 is 9.46 Å². The van der Waals surface area contributed by atoms with Gasteiger partial charge in [0.1, 0.15) is 5.75 Å².